The van der Waals surface area contributed by atoms with Crippen molar-refractivity contribution in [1.82, 2.24) is 19.9 Å². The predicted molar refractivity (Wildman–Crippen MR) is 116 cm³/mol. The number of nitrogens with zero attached hydrogens (tertiary/aromatic N) is 4. The Morgan fingerprint density at radius 3 is 2.73 bits per heavy atom. The molecule has 2 aromatic carbocycles. The largest absolute Gasteiger partial charge is 0.508 e. The number of hydrogen-bond acceptors (Lipinski definition) is 7. The predicted octanol–water partition coefficient (Wildman–Crippen LogP) is 3.61. The first-order valence-corrected chi connectivity index (χ1v) is 9.89. The van der Waals surface area contributed by atoms with Crippen molar-refractivity contribution in [3.63, 3.8) is 0 Å². The van der Waals surface area contributed by atoms with E-state index in [-0.39, 0.29) is 5.75 Å². The monoisotopic (exact) mass is 402 g/mol. The number of aromatic nitrogens is 4. The fourth-order valence-corrected chi connectivity index (χ4v) is 3.58. The summed E-state index contributed by atoms with van der Waals surface area (Å²) in [4.78, 5) is 19.3. The van der Waals surface area contributed by atoms with Crippen LogP contribution in [0.1, 0.15) is 5.82 Å². The number of anilines is 3. The minimum Gasteiger partial charge on any atom is -0.508 e. The Kier molecular flexibility index (Phi) is 4.68. The summed E-state index contributed by atoms with van der Waals surface area (Å²) < 4.78 is 5.46. The van der Waals surface area contributed by atoms with Gasteiger partial charge in [0.05, 0.1) is 29.9 Å². The lowest BCUT2D eigenvalue weighted by molar-refractivity contribution is 0.122. The van der Waals surface area contributed by atoms with Gasteiger partial charge in [0.2, 0.25) is 5.95 Å². The zero-order valence-corrected chi connectivity index (χ0v) is 16.6. The molecule has 0 bridgehead atoms. The first kappa shape index (κ1) is 18.4. The smallest absolute Gasteiger partial charge is 0.228 e. The molecule has 1 fully saturated rings. The van der Waals surface area contributed by atoms with Crippen molar-refractivity contribution in [2.24, 2.45) is 0 Å². The van der Waals surface area contributed by atoms with E-state index in [9.17, 15) is 5.11 Å². The summed E-state index contributed by atoms with van der Waals surface area (Å²) in [5.74, 6) is 2.40. The molecular formula is C22H22N6O2. The van der Waals surface area contributed by atoms with Gasteiger partial charge in [0.25, 0.3) is 0 Å². The number of benzene rings is 2. The Bertz CT molecular complexity index is 1200. The summed E-state index contributed by atoms with van der Waals surface area (Å²) in [5.41, 5.74) is 4.35. The quantitative estimate of drug-likeness (QED) is 0.479. The van der Waals surface area contributed by atoms with Crippen LogP contribution in [-0.4, -0.2) is 51.3 Å². The van der Waals surface area contributed by atoms with E-state index in [4.69, 9.17) is 14.7 Å². The number of fused-ring (bicyclic) bond motifs is 1. The second-order valence-electron chi connectivity index (χ2n) is 7.27. The van der Waals surface area contributed by atoms with Gasteiger partial charge in [-0.1, -0.05) is 12.1 Å². The van der Waals surface area contributed by atoms with Crippen molar-refractivity contribution in [2.75, 3.05) is 36.5 Å². The van der Waals surface area contributed by atoms with Crippen LogP contribution in [0.2, 0.25) is 0 Å². The van der Waals surface area contributed by atoms with Crippen molar-refractivity contribution >= 4 is 28.5 Å². The molecule has 0 aliphatic carbocycles. The average Bonchev–Trinajstić information content (AvgIpc) is 3.13. The van der Waals surface area contributed by atoms with Crippen LogP contribution in [0.4, 0.5) is 17.5 Å². The fraction of sp³-hybridized carbons (Fsp3) is 0.227. The molecule has 0 amide bonds. The number of ether oxygens (including phenoxy) is 1. The van der Waals surface area contributed by atoms with Gasteiger partial charge in [0.1, 0.15) is 17.4 Å². The van der Waals surface area contributed by atoms with Gasteiger partial charge in [-0.3, -0.25) is 0 Å². The Morgan fingerprint density at radius 2 is 1.90 bits per heavy atom. The minimum absolute atomic E-state index is 0.202. The number of morpholine rings is 1. The van der Waals surface area contributed by atoms with E-state index in [1.54, 1.807) is 12.1 Å². The second kappa shape index (κ2) is 7.64. The molecule has 5 rings (SSSR count). The van der Waals surface area contributed by atoms with Crippen LogP contribution < -0.4 is 10.2 Å². The van der Waals surface area contributed by atoms with E-state index < -0.39 is 0 Å². The van der Waals surface area contributed by atoms with Gasteiger partial charge in [-0.2, -0.15) is 4.98 Å². The molecule has 0 spiro atoms. The van der Waals surface area contributed by atoms with Gasteiger partial charge < -0.3 is 25.0 Å². The third-order valence-corrected chi connectivity index (χ3v) is 5.02. The number of nitrogens with one attached hydrogen (secondary N) is 2. The van der Waals surface area contributed by atoms with Crippen molar-refractivity contribution in [3.05, 3.63) is 54.4 Å². The van der Waals surface area contributed by atoms with E-state index in [0.29, 0.717) is 25.0 Å². The molecule has 1 aliphatic rings. The number of phenolic OH excluding ortho intramolecular Hbond substituents is 1. The van der Waals surface area contributed by atoms with Crippen molar-refractivity contribution in [2.45, 2.75) is 6.92 Å². The molecule has 0 radical (unpaired) electrons. The van der Waals surface area contributed by atoms with Gasteiger partial charge in [-0.05, 0) is 37.3 Å². The number of imidazole rings is 1. The van der Waals surface area contributed by atoms with Crippen LogP contribution in [0.5, 0.6) is 5.75 Å². The standard InChI is InChI=1S/C22H22N6O2/c1-14-23-18-6-5-16(12-20(18)24-14)25-21-13-19(15-3-2-4-17(29)11-15)26-22(27-21)28-7-9-30-10-8-28/h2-6,11-13,29H,7-10H2,1H3,(H,23,24)(H,25,26,27). The number of H-pyrrole nitrogens is 1. The van der Waals surface area contributed by atoms with Crippen LogP contribution in [0.3, 0.4) is 0 Å². The van der Waals surface area contributed by atoms with Crippen LogP contribution in [0.15, 0.2) is 48.5 Å². The number of aromatic amines is 1. The SMILES string of the molecule is Cc1nc2cc(Nc3cc(-c4cccc(O)c4)nc(N4CCOCC4)n3)ccc2[nH]1. The third kappa shape index (κ3) is 3.77. The highest BCUT2D eigenvalue weighted by Crippen LogP contribution is 2.28. The molecule has 8 nitrogen and oxygen atoms in total. The lowest BCUT2D eigenvalue weighted by atomic mass is 10.1. The number of phenols is 1. The zero-order chi connectivity index (χ0) is 20.5. The summed E-state index contributed by atoms with van der Waals surface area (Å²) in [6.07, 6.45) is 0. The number of hydrogen-bond donors (Lipinski definition) is 3. The molecule has 3 N–H and O–H groups in total. The zero-order valence-electron chi connectivity index (χ0n) is 16.6. The van der Waals surface area contributed by atoms with E-state index in [2.05, 4.69) is 20.2 Å². The Balaban J connectivity index is 1.54. The minimum atomic E-state index is 0.202. The maximum absolute atomic E-state index is 9.90. The molecule has 0 saturated carbocycles. The van der Waals surface area contributed by atoms with Gasteiger partial charge in [0.15, 0.2) is 0 Å². The van der Waals surface area contributed by atoms with Gasteiger partial charge in [-0.15, -0.1) is 0 Å². The van der Waals surface area contributed by atoms with Crippen LogP contribution in [0.25, 0.3) is 22.3 Å². The molecule has 1 saturated heterocycles. The normalized spacial score (nSPS) is 14.2. The Hall–Kier alpha value is -3.65. The number of rotatable bonds is 4. The highest BCUT2D eigenvalue weighted by Gasteiger charge is 2.17. The Morgan fingerprint density at radius 1 is 1.03 bits per heavy atom. The van der Waals surface area contributed by atoms with Crippen molar-refractivity contribution < 1.29 is 9.84 Å². The van der Waals surface area contributed by atoms with E-state index >= 15 is 0 Å². The van der Waals surface area contributed by atoms with Gasteiger partial charge >= 0.3 is 0 Å². The highest BCUT2D eigenvalue weighted by atomic mass is 16.5. The lowest BCUT2D eigenvalue weighted by Gasteiger charge is -2.27. The van der Waals surface area contributed by atoms with E-state index in [1.165, 1.54) is 0 Å². The highest BCUT2D eigenvalue weighted by molar-refractivity contribution is 5.81. The van der Waals surface area contributed by atoms with Crippen molar-refractivity contribution in [1.29, 1.82) is 0 Å². The van der Waals surface area contributed by atoms with Crippen LogP contribution in [0, 0.1) is 6.92 Å². The number of aryl methyl sites for hydroxylation is 1. The molecule has 0 atom stereocenters. The Labute approximate surface area is 173 Å². The third-order valence-electron chi connectivity index (χ3n) is 5.02. The van der Waals surface area contributed by atoms with Crippen LogP contribution in [-0.2, 0) is 4.74 Å². The molecule has 152 valence electrons. The lowest BCUT2D eigenvalue weighted by Crippen LogP contribution is -2.37. The molecule has 8 heteroatoms. The maximum atomic E-state index is 9.90. The fourth-order valence-electron chi connectivity index (χ4n) is 3.58. The first-order chi connectivity index (χ1) is 14.6. The second-order valence-corrected chi connectivity index (χ2v) is 7.27. The maximum Gasteiger partial charge on any atom is 0.228 e. The molecule has 0 unspecified atom stereocenters. The summed E-state index contributed by atoms with van der Waals surface area (Å²) in [5, 5.41) is 13.3. The molecule has 2 aromatic heterocycles. The number of aromatic hydroxyl groups is 1. The molecule has 30 heavy (non-hydrogen) atoms. The summed E-state index contributed by atoms with van der Waals surface area (Å²) in [6.45, 7) is 4.71. The van der Waals surface area contributed by atoms with E-state index in [1.807, 2.05) is 43.3 Å². The van der Waals surface area contributed by atoms with E-state index in [0.717, 1.165) is 46.9 Å². The molecule has 3 heterocycles. The molecular weight excluding hydrogens is 380 g/mol. The molecule has 4 aromatic rings. The summed E-state index contributed by atoms with van der Waals surface area (Å²) >= 11 is 0. The first-order valence-electron chi connectivity index (χ1n) is 9.89. The van der Waals surface area contributed by atoms with Gasteiger partial charge in [-0.25, -0.2) is 9.97 Å². The molecule has 1 aliphatic heterocycles. The van der Waals surface area contributed by atoms with Crippen molar-refractivity contribution in [3.8, 4) is 17.0 Å². The topological polar surface area (TPSA) is 99.2 Å². The summed E-state index contributed by atoms with van der Waals surface area (Å²) in [7, 11) is 0. The van der Waals surface area contributed by atoms with Gasteiger partial charge in [0, 0.05) is 30.4 Å². The summed E-state index contributed by atoms with van der Waals surface area (Å²) in [6, 6.07) is 14.9. The average molecular weight is 402 g/mol. The van der Waals surface area contributed by atoms with Crippen LogP contribution >= 0.6 is 0 Å².